The number of carbonyl (C=O) groups excluding carboxylic acids is 1. The van der Waals surface area contributed by atoms with Crippen molar-refractivity contribution in [2.24, 2.45) is 0 Å². The van der Waals surface area contributed by atoms with Crippen LogP contribution in [0, 0.1) is 0 Å². The summed E-state index contributed by atoms with van der Waals surface area (Å²) < 4.78 is 0. The van der Waals surface area contributed by atoms with Crippen LogP contribution in [0.2, 0.25) is 0 Å². The van der Waals surface area contributed by atoms with Gasteiger partial charge in [-0.05, 0) is 18.9 Å². The Hall–Kier alpha value is -1.02. The zero-order valence-electron chi connectivity index (χ0n) is 8.69. The molecule has 0 bridgehead atoms. The van der Waals surface area contributed by atoms with Crippen molar-refractivity contribution >= 4 is 17.5 Å². The Morgan fingerprint density at radius 3 is 2.60 bits per heavy atom. The molecule has 2 atom stereocenters. The monoisotopic (exact) mass is 223 g/mol. The van der Waals surface area contributed by atoms with Crippen molar-refractivity contribution in [2.75, 3.05) is 6.54 Å². The number of hydrogen-bond acceptors (Lipinski definition) is 1. The molecule has 15 heavy (non-hydrogen) atoms. The van der Waals surface area contributed by atoms with Gasteiger partial charge >= 0.3 is 0 Å². The third kappa shape index (κ3) is 2.00. The number of carbonyl (C=O) groups is 1. The first-order valence-corrected chi connectivity index (χ1v) is 5.62. The number of alkyl halides is 1. The molecule has 1 heterocycles. The molecule has 1 saturated heterocycles. The minimum absolute atomic E-state index is 0.0695. The molecule has 2 rings (SSSR count). The second-order valence-electron chi connectivity index (χ2n) is 3.91. The summed E-state index contributed by atoms with van der Waals surface area (Å²) in [4.78, 5) is 13.2. The van der Waals surface area contributed by atoms with Crippen LogP contribution in [0.5, 0.6) is 0 Å². The fourth-order valence-electron chi connectivity index (χ4n) is 1.85. The van der Waals surface area contributed by atoms with Crippen LogP contribution >= 0.6 is 11.6 Å². The molecule has 0 N–H and O–H groups in total. The molecule has 0 radical (unpaired) electrons. The molecule has 0 saturated carbocycles. The normalized spacial score (nSPS) is 25.2. The predicted molar refractivity (Wildman–Crippen MR) is 61.0 cm³/mol. The molecule has 3 heteroatoms. The number of nitrogens with zero attached hydrogens (tertiary/aromatic N) is 1. The lowest BCUT2D eigenvalue weighted by molar-refractivity contribution is -0.143. The van der Waals surface area contributed by atoms with Gasteiger partial charge in [0.25, 0.3) is 0 Å². The third-order valence-corrected chi connectivity index (χ3v) is 3.47. The Morgan fingerprint density at radius 2 is 2.00 bits per heavy atom. The van der Waals surface area contributed by atoms with Crippen molar-refractivity contribution in [3.63, 3.8) is 0 Å². The Balaban J connectivity index is 1.87. The van der Waals surface area contributed by atoms with E-state index in [9.17, 15) is 4.79 Å². The molecular weight excluding hydrogens is 210 g/mol. The number of hydrogen-bond donors (Lipinski definition) is 0. The molecule has 1 fully saturated rings. The molecule has 0 aliphatic carbocycles. The molecule has 0 unspecified atom stereocenters. The van der Waals surface area contributed by atoms with E-state index in [2.05, 4.69) is 12.1 Å². The van der Waals surface area contributed by atoms with Crippen LogP contribution < -0.4 is 0 Å². The van der Waals surface area contributed by atoms with Crippen molar-refractivity contribution < 1.29 is 4.79 Å². The van der Waals surface area contributed by atoms with Gasteiger partial charge in [-0.15, -0.1) is 11.6 Å². The van der Waals surface area contributed by atoms with Crippen LogP contribution in [0.3, 0.4) is 0 Å². The molecule has 1 amide bonds. The number of rotatable bonds is 3. The average Bonchev–Trinajstić information content (AvgIpc) is 2.30. The summed E-state index contributed by atoms with van der Waals surface area (Å²) in [6.07, 6.45) is 0.903. The van der Waals surface area contributed by atoms with Crippen LogP contribution in [0.25, 0.3) is 0 Å². The van der Waals surface area contributed by atoms with E-state index in [4.69, 9.17) is 11.6 Å². The number of benzene rings is 1. The highest BCUT2D eigenvalue weighted by Gasteiger charge is 2.42. The van der Waals surface area contributed by atoms with Gasteiger partial charge < -0.3 is 4.90 Å². The summed E-state index contributed by atoms with van der Waals surface area (Å²) >= 11 is 5.84. The van der Waals surface area contributed by atoms with E-state index in [1.54, 1.807) is 0 Å². The first kappa shape index (κ1) is 10.5. The van der Waals surface area contributed by atoms with Crippen LogP contribution in [0.4, 0.5) is 0 Å². The van der Waals surface area contributed by atoms with Crippen LogP contribution in [0.15, 0.2) is 30.3 Å². The lowest BCUT2D eigenvalue weighted by atomic mass is 10.0. The van der Waals surface area contributed by atoms with E-state index in [0.717, 1.165) is 13.0 Å². The summed E-state index contributed by atoms with van der Waals surface area (Å²) in [5.74, 6) is 0.0695. The quantitative estimate of drug-likeness (QED) is 0.568. The summed E-state index contributed by atoms with van der Waals surface area (Å²) in [5, 5.41) is -0.305. The van der Waals surface area contributed by atoms with Gasteiger partial charge in [0.05, 0.1) is 6.04 Å². The van der Waals surface area contributed by atoms with Crippen molar-refractivity contribution in [1.82, 2.24) is 4.90 Å². The predicted octanol–water partition coefficient (Wildman–Crippen LogP) is 2.07. The summed E-state index contributed by atoms with van der Waals surface area (Å²) in [6.45, 7) is 2.76. The van der Waals surface area contributed by atoms with E-state index in [1.807, 2.05) is 30.0 Å². The Labute approximate surface area is 94.8 Å². The maximum Gasteiger partial charge on any atom is 0.243 e. The Bertz CT molecular complexity index is 352. The molecule has 80 valence electrons. The highest BCUT2D eigenvalue weighted by Crippen LogP contribution is 2.24. The van der Waals surface area contributed by atoms with Crippen molar-refractivity contribution in [1.29, 1.82) is 0 Å². The number of β-lactam (4-membered cyclic amide) rings is 1. The molecule has 0 aromatic heterocycles. The smallest absolute Gasteiger partial charge is 0.243 e. The maximum atomic E-state index is 11.4. The largest absolute Gasteiger partial charge is 0.336 e. The van der Waals surface area contributed by atoms with Gasteiger partial charge in [-0.25, -0.2) is 0 Å². The molecular formula is C12H14ClNO. The number of amides is 1. The van der Waals surface area contributed by atoms with Gasteiger partial charge in [-0.1, -0.05) is 30.3 Å². The van der Waals surface area contributed by atoms with Gasteiger partial charge in [0.2, 0.25) is 5.91 Å². The highest BCUT2D eigenvalue weighted by atomic mass is 35.5. The topological polar surface area (TPSA) is 20.3 Å². The Kier molecular flexibility index (Phi) is 2.96. The number of likely N-dealkylation sites (tertiary alicyclic amines) is 1. The van der Waals surface area contributed by atoms with Crippen molar-refractivity contribution in [3.05, 3.63) is 35.9 Å². The molecule has 1 aliphatic rings. The van der Waals surface area contributed by atoms with Gasteiger partial charge in [0.15, 0.2) is 0 Å². The van der Waals surface area contributed by atoms with Crippen molar-refractivity contribution in [2.45, 2.75) is 24.8 Å². The van der Waals surface area contributed by atoms with Gasteiger partial charge in [-0.3, -0.25) is 4.79 Å². The molecule has 0 spiro atoms. The first-order chi connectivity index (χ1) is 7.20. The fraction of sp³-hybridized carbons (Fsp3) is 0.417. The molecule has 2 nitrogen and oxygen atoms in total. The van der Waals surface area contributed by atoms with Gasteiger partial charge in [0, 0.05) is 6.54 Å². The number of halogens is 1. The SMILES string of the molecule is C[C@@H]1[C@H](Cl)C(=O)N1CCc1ccccc1. The van der Waals surface area contributed by atoms with Crippen molar-refractivity contribution in [3.8, 4) is 0 Å². The second kappa shape index (κ2) is 4.23. The average molecular weight is 224 g/mol. The molecule has 1 aromatic rings. The zero-order valence-corrected chi connectivity index (χ0v) is 9.45. The van der Waals surface area contributed by atoms with Crippen LogP contribution in [0.1, 0.15) is 12.5 Å². The summed E-state index contributed by atoms with van der Waals surface area (Å²) in [7, 11) is 0. The summed E-state index contributed by atoms with van der Waals surface area (Å²) in [5.41, 5.74) is 1.26. The van der Waals surface area contributed by atoms with Crippen LogP contribution in [-0.2, 0) is 11.2 Å². The van der Waals surface area contributed by atoms with E-state index in [-0.39, 0.29) is 17.3 Å². The van der Waals surface area contributed by atoms with Gasteiger partial charge in [-0.2, -0.15) is 0 Å². The lowest BCUT2D eigenvalue weighted by Crippen LogP contribution is -2.61. The summed E-state index contributed by atoms with van der Waals surface area (Å²) in [6, 6.07) is 10.4. The van der Waals surface area contributed by atoms with Gasteiger partial charge in [0.1, 0.15) is 5.38 Å². The second-order valence-corrected chi connectivity index (χ2v) is 4.38. The molecule has 1 aliphatic heterocycles. The van der Waals surface area contributed by atoms with E-state index in [0.29, 0.717) is 0 Å². The highest BCUT2D eigenvalue weighted by molar-refractivity contribution is 6.33. The standard InChI is InChI=1S/C12H14ClNO/c1-9-11(13)12(15)14(9)8-7-10-5-3-2-4-6-10/h2-6,9,11H,7-8H2,1H3/t9-,11+/m1/s1. The maximum absolute atomic E-state index is 11.4. The third-order valence-electron chi connectivity index (χ3n) is 2.92. The minimum atomic E-state index is -0.305. The fourth-order valence-corrected chi connectivity index (χ4v) is 2.11. The zero-order chi connectivity index (χ0) is 10.8. The molecule has 1 aromatic carbocycles. The van der Waals surface area contributed by atoms with E-state index >= 15 is 0 Å². The minimum Gasteiger partial charge on any atom is -0.336 e. The lowest BCUT2D eigenvalue weighted by Gasteiger charge is -2.42. The van der Waals surface area contributed by atoms with E-state index in [1.165, 1.54) is 5.56 Å². The first-order valence-electron chi connectivity index (χ1n) is 5.18. The van der Waals surface area contributed by atoms with Crippen LogP contribution in [-0.4, -0.2) is 28.8 Å². The Morgan fingerprint density at radius 1 is 1.33 bits per heavy atom. The van der Waals surface area contributed by atoms with E-state index < -0.39 is 0 Å².